The fourth-order valence-corrected chi connectivity index (χ4v) is 4.06. The first-order valence-electron chi connectivity index (χ1n) is 8.92. The second-order valence-electron chi connectivity index (χ2n) is 7.56. The van der Waals surface area contributed by atoms with Crippen LogP contribution in [0.1, 0.15) is 42.2 Å². The lowest BCUT2D eigenvalue weighted by Crippen LogP contribution is -2.41. The summed E-state index contributed by atoms with van der Waals surface area (Å²) < 4.78 is 36.6. The van der Waals surface area contributed by atoms with Crippen molar-refractivity contribution in [2.75, 3.05) is 18.1 Å². The van der Waals surface area contributed by atoms with Crippen LogP contribution in [0.15, 0.2) is 36.4 Å². The lowest BCUT2D eigenvalue weighted by Gasteiger charge is -2.38. The highest BCUT2D eigenvalue weighted by Crippen LogP contribution is 2.41. The smallest absolute Gasteiger partial charge is 0.253 e. The van der Waals surface area contributed by atoms with Crippen LogP contribution in [0.4, 0.5) is 5.69 Å². The summed E-state index contributed by atoms with van der Waals surface area (Å²) in [5, 5.41) is 3.22. The molecule has 0 saturated carbocycles. The Morgan fingerprint density at radius 1 is 1.24 bits per heavy atom. The number of rotatable bonds is 5. The first kappa shape index (κ1) is 21.3. The highest BCUT2D eigenvalue weighted by molar-refractivity contribution is 7.92. The van der Waals surface area contributed by atoms with Crippen LogP contribution >= 0.6 is 11.6 Å². The van der Waals surface area contributed by atoms with Gasteiger partial charge in [-0.2, -0.15) is 0 Å². The highest BCUT2D eigenvalue weighted by atomic mass is 35.5. The quantitative estimate of drug-likeness (QED) is 0.741. The van der Waals surface area contributed by atoms with Crippen molar-refractivity contribution in [2.45, 2.75) is 31.9 Å². The molecule has 2 N–H and O–H groups in total. The van der Waals surface area contributed by atoms with E-state index in [1.54, 1.807) is 13.2 Å². The largest absolute Gasteiger partial charge is 0.497 e. The molecule has 1 aliphatic heterocycles. The van der Waals surface area contributed by atoms with Crippen molar-refractivity contribution >= 4 is 33.2 Å². The second-order valence-corrected chi connectivity index (χ2v) is 9.72. The number of sulfonamides is 1. The van der Waals surface area contributed by atoms with Crippen molar-refractivity contribution < 1.29 is 22.7 Å². The number of halogens is 1. The van der Waals surface area contributed by atoms with E-state index in [9.17, 15) is 13.2 Å². The Labute approximate surface area is 175 Å². The van der Waals surface area contributed by atoms with Gasteiger partial charge in [-0.25, -0.2) is 8.42 Å². The van der Waals surface area contributed by atoms with Crippen LogP contribution in [-0.2, 0) is 10.0 Å². The van der Waals surface area contributed by atoms with Gasteiger partial charge >= 0.3 is 0 Å². The van der Waals surface area contributed by atoms with Crippen LogP contribution in [-0.4, -0.2) is 33.3 Å². The molecular formula is C20H23ClN2O5S. The van der Waals surface area contributed by atoms with Gasteiger partial charge in [-0.1, -0.05) is 11.6 Å². The Bertz CT molecular complexity index is 1050. The number of anilines is 1. The van der Waals surface area contributed by atoms with Gasteiger partial charge in [0.25, 0.3) is 5.91 Å². The average molecular weight is 439 g/mol. The summed E-state index contributed by atoms with van der Waals surface area (Å²) in [6, 6.07) is 9.54. The maximum atomic E-state index is 13.0. The minimum absolute atomic E-state index is 0.180. The van der Waals surface area contributed by atoms with E-state index in [1.807, 2.05) is 26.0 Å². The number of hydrogen-bond donors (Lipinski definition) is 2. The fourth-order valence-electron chi connectivity index (χ4n) is 3.30. The molecule has 7 nitrogen and oxygen atoms in total. The molecule has 2 aromatic carbocycles. The standard InChI is InChI=1S/C20H23ClN2O5S/c1-20(2)11-17(14-7-6-13(27-3)10-18(14)28-20)22-19(24)15-9-12(5-8-16(15)21)23-29(4,25)26/h5-10,17,23H,11H2,1-4H3,(H,22,24)/t17-/m1/s1. The molecule has 0 aromatic heterocycles. The second kappa shape index (κ2) is 7.76. The zero-order chi connectivity index (χ0) is 21.4. The lowest BCUT2D eigenvalue weighted by atomic mass is 9.89. The Morgan fingerprint density at radius 2 is 1.97 bits per heavy atom. The number of carbonyl (C=O) groups is 1. The van der Waals surface area contributed by atoms with E-state index in [2.05, 4.69) is 10.0 Å². The van der Waals surface area contributed by atoms with Gasteiger partial charge in [0.15, 0.2) is 0 Å². The monoisotopic (exact) mass is 438 g/mol. The number of ether oxygens (including phenoxy) is 2. The van der Waals surface area contributed by atoms with E-state index in [4.69, 9.17) is 21.1 Å². The average Bonchev–Trinajstić information content (AvgIpc) is 2.60. The molecule has 0 bridgehead atoms. The summed E-state index contributed by atoms with van der Waals surface area (Å²) in [6.07, 6.45) is 1.59. The maximum Gasteiger partial charge on any atom is 0.253 e. The minimum Gasteiger partial charge on any atom is -0.497 e. The van der Waals surface area contributed by atoms with E-state index in [1.165, 1.54) is 18.2 Å². The number of nitrogens with one attached hydrogen (secondary N) is 2. The molecule has 1 aliphatic rings. The van der Waals surface area contributed by atoms with Crippen LogP contribution in [0.2, 0.25) is 5.02 Å². The third-order valence-corrected chi connectivity index (χ3v) is 5.43. The molecule has 3 rings (SSSR count). The van der Waals surface area contributed by atoms with Crippen LogP contribution in [0, 0.1) is 0 Å². The molecule has 0 fully saturated rings. The Kier molecular flexibility index (Phi) is 5.69. The Hall–Kier alpha value is -2.45. The Balaban J connectivity index is 1.90. The van der Waals surface area contributed by atoms with E-state index in [0.29, 0.717) is 17.9 Å². The minimum atomic E-state index is -3.47. The molecule has 1 atom stereocenters. The van der Waals surface area contributed by atoms with E-state index in [-0.39, 0.29) is 22.3 Å². The number of benzene rings is 2. The first-order chi connectivity index (χ1) is 13.5. The number of carbonyl (C=O) groups excluding carboxylic acids is 1. The van der Waals surface area contributed by atoms with Crippen LogP contribution in [0.3, 0.4) is 0 Å². The van der Waals surface area contributed by atoms with Crippen molar-refractivity contribution in [3.8, 4) is 11.5 Å². The summed E-state index contributed by atoms with van der Waals surface area (Å²) in [7, 11) is -1.90. The Morgan fingerprint density at radius 3 is 2.62 bits per heavy atom. The molecule has 9 heteroatoms. The number of methoxy groups -OCH3 is 1. The van der Waals surface area contributed by atoms with Crippen LogP contribution in [0.5, 0.6) is 11.5 Å². The molecule has 0 radical (unpaired) electrons. The summed E-state index contributed by atoms with van der Waals surface area (Å²) in [4.78, 5) is 13.0. The van der Waals surface area contributed by atoms with Crippen molar-refractivity contribution in [1.29, 1.82) is 0 Å². The molecule has 0 spiro atoms. The van der Waals surface area contributed by atoms with Gasteiger partial charge in [-0.15, -0.1) is 0 Å². The summed E-state index contributed by atoms with van der Waals surface area (Å²) in [6.45, 7) is 3.89. The van der Waals surface area contributed by atoms with Gasteiger partial charge in [-0.05, 0) is 44.2 Å². The molecule has 29 heavy (non-hydrogen) atoms. The number of amides is 1. The zero-order valence-electron chi connectivity index (χ0n) is 16.6. The fraction of sp³-hybridized carbons (Fsp3) is 0.350. The molecule has 1 heterocycles. The van der Waals surface area contributed by atoms with E-state index in [0.717, 1.165) is 11.8 Å². The van der Waals surface area contributed by atoms with Crippen molar-refractivity contribution in [1.82, 2.24) is 5.32 Å². The van der Waals surface area contributed by atoms with Gasteiger partial charge in [0, 0.05) is 23.7 Å². The molecule has 0 unspecified atom stereocenters. The highest BCUT2D eigenvalue weighted by Gasteiger charge is 2.35. The predicted octanol–water partition coefficient (Wildman–Crippen LogP) is 3.75. The summed E-state index contributed by atoms with van der Waals surface area (Å²) >= 11 is 6.20. The van der Waals surface area contributed by atoms with Crippen LogP contribution in [0.25, 0.3) is 0 Å². The van der Waals surface area contributed by atoms with Gasteiger partial charge in [0.05, 0.1) is 30.0 Å². The summed E-state index contributed by atoms with van der Waals surface area (Å²) in [5.74, 6) is 0.898. The van der Waals surface area contributed by atoms with Gasteiger partial charge < -0.3 is 14.8 Å². The number of hydrogen-bond acceptors (Lipinski definition) is 5. The SMILES string of the molecule is COc1ccc2c(c1)OC(C)(C)C[C@H]2NC(=O)c1cc(NS(C)(=O)=O)ccc1Cl. The van der Waals surface area contributed by atoms with Gasteiger partial charge in [0.2, 0.25) is 10.0 Å². The van der Waals surface area contributed by atoms with Crippen molar-refractivity contribution in [3.63, 3.8) is 0 Å². The predicted molar refractivity (Wildman–Crippen MR) is 112 cm³/mol. The molecular weight excluding hydrogens is 416 g/mol. The van der Waals surface area contributed by atoms with Crippen molar-refractivity contribution in [2.24, 2.45) is 0 Å². The normalized spacial score (nSPS) is 17.6. The molecule has 2 aromatic rings. The number of fused-ring (bicyclic) bond motifs is 1. The zero-order valence-corrected chi connectivity index (χ0v) is 18.1. The van der Waals surface area contributed by atoms with E-state index < -0.39 is 21.5 Å². The van der Waals surface area contributed by atoms with Crippen LogP contribution < -0.4 is 19.5 Å². The molecule has 0 saturated heterocycles. The van der Waals surface area contributed by atoms with Crippen molar-refractivity contribution in [3.05, 3.63) is 52.5 Å². The van der Waals surface area contributed by atoms with E-state index >= 15 is 0 Å². The molecule has 1 amide bonds. The molecule has 0 aliphatic carbocycles. The molecule has 156 valence electrons. The van der Waals surface area contributed by atoms with Gasteiger partial charge in [-0.3, -0.25) is 9.52 Å². The maximum absolute atomic E-state index is 13.0. The third-order valence-electron chi connectivity index (χ3n) is 4.50. The van der Waals surface area contributed by atoms with Gasteiger partial charge in [0.1, 0.15) is 17.1 Å². The summed E-state index contributed by atoms with van der Waals surface area (Å²) in [5.41, 5.74) is 0.778. The lowest BCUT2D eigenvalue weighted by molar-refractivity contribution is 0.0617. The topological polar surface area (TPSA) is 93.7 Å². The third kappa shape index (κ3) is 5.13. The first-order valence-corrected chi connectivity index (χ1v) is 11.2.